The third-order valence-electron chi connectivity index (χ3n) is 10.6. The van der Waals surface area contributed by atoms with Gasteiger partial charge in [-0.2, -0.15) is 0 Å². The maximum absolute atomic E-state index is 2.47. The summed E-state index contributed by atoms with van der Waals surface area (Å²) in [6.45, 7) is 0. The van der Waals surface area contributed by atoms with Crippen LogP contribution in [0, 0.1) is 0 Å². The van der Waals surface area contributed by atoms with Crippen molar-refractivity contribution in [1.29, 1.82) is 0 Å². The number of thiophene rings is 1. The van der Waals surface area contributed by atoms with E-state index in [1.165, 1.54) is 97.6 Å². The molecule has 2 heterocycles. The average Bonchev–Trinajstić information content (AvgIpc) is 3.73. The lowest BCUT2D eigenvalue weighted by Crippen LogP contribution is -2.02. The van der Waals surface area contributed by atoms with Crippen molar-refractivity contribution in [3.05, 3.63) is 176 Å². The Morgan fingerprint density at radius 2 is 0.740 bits per heavy atom. The van der Waals surface area contributed by atoms with Crippen LogP contribution in [0.4, 0.5) is 0 Å². The molecule has 10 aromatic rings. The zero-order chi connectivity index (χ0) is 32.8. The van der Waals surface area contributed by atoms with E-state index in [9.17, 15) is 0 Å². The van der Waals surface area contributed by atoms with Crippen LogP contribution in [0.25, 0.3) is 103 Å². The number of hydrogen-bond donors (Lipinski definition) is 0. The molecule has 0 aliphatic heterocycles. The van der Waals surface area contributed by atoms with Gasteiger partial charge in [0, 0.05) is 42.2 Å². The molecule has 0 N–H and O–H groups in total. The molecule has 8 aromatic carbocycles. The zero-order valence-corrected chi connectivity index (χ0v) is 27.9. The van der Waals surface area contributed by atoms with Gasteiger partial charge >= 0.3 is 0 Å². The second kappa shape index (κ2) is 10.6. The molecule has 1 aliphatic carbocycles. The third-order valence-corrected chi connectivity index (χ3v) is 11.8. The van der Waals surface area contributed by atoms with Crippen LogP contribution in [-0.4, -0.2) is 4.57 Å². The Labute approximate surface area is 293 Å². The molecule has 0 spiro atoms. The molecule has 0 radical (unpaired) electrons. The maximum atomic E-state index is 2.47. The van der Waals surface area contributed by atoms with Crippen molar-refractivity contribution in [2.75, 3.05) is 0 Å². The van der Waals surface area contributed by atoms with Gasteiger partial charge in [0.2, 0.25) is 0 Å². The molecule has 0 bridgehead atoms. The number of para-hydroxylation sites is 2. The highest BCUT2D eigenvalue weighted by atomic mass is 32.1. The second-order valence-corrected chi connectivity index (χ2v) is 14.3. The van der Waals surface area contributed by atoms with Gasteiger partial charge in [0.05, 0.1) is 11.0 Å². The Kier molecular flexibility index (Phi) is 5.89. The largest absolute Gasteiger partial charge is 0.309 e. The summed E-state index contributed by atoms with van der Waals surface area (Å²) in [6, 6.07) is 65.2. The molecule has 1 nitrogen and oxygen atoms in total. The minimum absolute atomic E-state index is 1.16. The van der Waals surface area contributed by atoms with Crippen LogP contribution in [0.1, 0.15) is 0 Å². The summed E-state index contributed by atoms with van der Waals surface area (Å²) < 4.78 is 5.11. The topological polar surface area (TPSA) is 4.93 Å². The molecule has 50 heavy (non-hydrogen) atoms. The molecule has 232 valence electrons. The molecule has 0 atom stereocenters. The lowest BCUT2D eigenvalue weighted by molar-refractivity contribution is 1.18. The Morgan fingerprint density at radius 3 is 1.36 bits per heavy atom. The first-order valence-electron chi connectivity index (χ1n) is 17.2. The van der Waals surface area contributed by atoms with Crippen LogP contribution in [0.2, 0.25) is 0 Å². The standard InChI is InChI=1S/C48H29NS/c1-2-15-32-31(14-1)33-16-3-4-18-35(33)42-28-30(49-44-25-10-7-19-36(44)37-20-8-11-26-45(37)49)29-43(47(42)39-22-6-5-17-34(32)39)41-24-13-23-40-38-21-9-12-27-46(38)50-48(40)41/h1-29H. The summed E-state index contributed by atoms with van der Waals surface area (Å²) in [5, 5.41) is 5.16. The predicted molar refractivity (Wildman–Crippen MR) is 214 cm³/mol. The van der Waals surface area contributed by atoms with Crippen molar-refractivity contribution in [2.45, 2.75) is 0 Å². The van der Waals surface area contributed by atoms with Gasteiger partial charge in [-0.25, -0.2) is 0 Å². The Bertz CT molecular complexity index is 2940. The smallest absolute Gasteiger partial charge is 0.0541 e. The maximum Gasteiger partial charge on any atom is 0.0541 e. The van der Waals surface area contributed by atoms with E-state index in [0.717, 1.165) is 5.69 Å². The lowest BCUT2D eigenvalue weighted by Gasteiger charge is -2.26. The van der Waals surface area contributed by atoms with E-state index in [-0.39, 0.29) is 0 Å². The van der Waals surface area contributed by atoms with Gasteiger partial charge in [-0.3, -0.25) is 0 Å². The van der Waals surface area contributed by atoms with Crippen LogP contribution in [0.5, 0.6) is 0 Å². The van der Waals surface area contributed by atoms with Gasteiger partial charge in [0.25, 0.3) is 0 Å². The first-order chi connectivity index (χ1) is 24.8. The fourth-order valence-electron chi connectivity index (χ4n) is 8.47. The first-order valence-corrected chi connectivity index (χ1v) is 18.0. The van der Waals surface area contributed by atoms with Gasteiger partial charge in [-0.1, -0.05) is 146 Å². The average molecular weight is 652 g/mol. The third kappa shape index (κ3) is 3.88. The van der Waals surface area contributed by atoms with Crippen LogP contribution >= 0.6 is 11.3 Å². The first kappa shape index (κ1) is 27.7. The predicted octanol–water partition coefficient (Wildman–Crippen LogP) is 13.8. The van der Waals surface area contributed by atoms with Crippen molar-refractivity contribution < 1.29 is 0 Å². The summed E-state index contributed by atoms with van der Waals surface area (Å²) in [4.78, 5) is 0. The Hall–Kier alpha value is -6.22. The number of hydrogen-bond acceptors (Lipinski definition) is 1. The van der Waals surface area contributed by atoms with Gasteiger partial charge in [0.1, 0.15) is 0 Å². The number of benzene rings is 8. The van der Waals surface area contributed by atoms with Crippen molar-refractivity contribution in [2.24, 2.45) is 0 Å². The van der Waals surface area contributed by atoms with Gasteiger partial charge in [-0.05, 0) is 80.4 Å². The molecule has 0 fully saturated rings. The normalized spacial score (nSPS) is 12.0. The fourth-order valence-corrected chi connectivity index (χ4v) is 9.70. The van der Waals surface area contributed by atoms with Gasteiger partial charge in [0.15, 0.2) is 0 Å². The van der Waals surface area contributed by atoms with Crippen LogP contribution in [0.3, 0.4) is 0 Å². The van der Waals surface area contributed by atoms with Gasteiger partial charge in [-0.15, -0.1) is 11.3 Å². The Balaban J connectivity index is 1.36. The summed E-state index contributed by atoms with van der Waals surface area (Å²) in [7, 11) is 0. The van der Waals surface area contributed by atoms with E-state index in [1.807, 2.05) is 11.3 Å². The highest BCUT2D eigenvalue weighted by molar-refractivity contribution is 7.26. The molecule has 0 saturated carbocycles. The highest BCUT2D eigenvalue weighted by Crippen LogP contribution is 2.53. The summed E-state index contributed by atoms with van der Waals surface area (Å²) in [5.41, 5.74) is 16.2. The monoisotopic (exact) mass is 651 g/mol. The van der Waals surface area contributed by atoms with E-state index in [1.54, 1.807) is 0 Å². The van der Waals surface area contributed by atoms with E-state index in [0.29, 0.717) is 0 Å². The zero-order valence-electron chi connectivity index (χ0n) is 27.1. The van der Waals surface area contributed by atoms with E-state index < -0.39 is 0 Å². The molecule has 1 aliphatic rings. The Morgan fingerprint density at radius 1 is 0.320 bits per heavy atom. The molecule has 0 amide bonds. The number of rotatable bonds is 2. The lowest BCUT2D eigenvalue weighted by atomic mass is 9.78. The molecule has 2 aromatic heterocycles. The van der Waals surface area contributed by atoms with Crippen molar-refractivity contribution in [3.63, 3.8) is 0 Å². The van der Waals surface area contributed by atoms with E-state index >= 15 is 0 Å². The fraction of sp³-hybridized carbons (Fsp3) is 0. The summed E-state index contributed by atoms with van der Waals surface area (Å²) in [6.07, 6.45) is 0. The molecular weight excluding hydrogens is 623 g/mol. The summed E-state index contributed by atoms with van der Waals surface area (Å²) >= 11 is 1.90. The quantitative estimate of drug-likeness (QED) is 0.175. The van der Waals surface area contributed by atoms with Crippen LogP contribution in [0.15, 0.2) is 176 Å². The second-order valence-electron chi connectivity index (χ2n) is 13.2. The molecule has 11 rings (SSSR count). The summed E-state index contributed by atoms with van der Waals surface area (Å²) in [5.74, 6) is 0. The van der Waals surface area contributed by atoms with Crippen molar-refractivity contribution in [3.8, 4) is 61.3 Å². The van der Waals surface area contributed by atoms with Gasteiger partial charge < -0.3 is 4.57 Å². The number of fused-ring (bicyclic) bond motifs is 14. The SMILES string of the molecule is c1ccc2c(c1)-c1ccccc1-c1cc(-n3c4ccccc4c4ccccc43)cc(-c3cccc4c3sc3ccccc34)c1-c1ccccc1-2. The van der Waals surface area contributed by atoms with Crippen molar-refractivity contribution in [1.82, 2.24) is 4.57 Å². The molecule has 2 heteroatoms. The minimum atomic E-state index is 1.16. The molecule has 0 saturated heterocycles. The van der Waals surface area contributed by atoms with Crippen LogP contribution < -0.4 is 0 Å². The van der Waals surface area contributed by atoms with E-state index in [4.69, 9.17) is 0 Å². The number of aromatic nitrogens is 1. The number of nitrogens with zero attached hydrogens (tertiary/aromatic N) is 1. The van der Waals surface area contributed by atoms with Crippen LogP contribution in [-0.2, 0) is 0 Å². The minimum Gasteiger partial charge on any atom is -0.309 e. The molecular formula is C48H29NS. The highest BCUT2D eigenvalue weighted by Gasteiger charge is 2.27. The molecule has 0 unspecified atom stereocenters. The van der Waals surface area contributed by atoms with E-state index in [2.05, 4.69) is 180 Å². The van der Waals surface area contributed by atoms with Crippen molar-refractivity contribution >= 4 is 53.3 Å².